The fourth-order valence-corrected chi connectivity index (χ4v) is 2.29. The lowest BCUT2D eigenvalue weighted by atomic mass is 9.96. The molecule has 0 spiro atoms. The maximum absolute atomic E-state index is 13.2. The molecule has 5 heteroatoms. The van der Waals surface area contributed by atoms with Gasteiger partial charge in [0.2, 0.25) is 0 Å². The Morgan fingerprint density at radius 2 is 1.79 bits per heavy atom. The van der Waals surface area contributed by atoms with Gasteiger partial charge in [-0.2, -0.15) is 0 Å². The Hall–Kier alpha value is -2.79. The fourth-order valence-electron chi connectivity index (χ4n) is 2.29. The maximum Gasteiger partial charge on any atom is 0.190 e. The van der Waals surface area contributed by atoms with Crippen molar-refractivity contribution in [2.75, 3.05) is 0 Å². The molecular weight excluding hydrogens is 305 g/mol. The van der Waals surface area contributed by atoms with Crippen LogP contribution in [-0.4, -0.2) is 17.7 Å². The number of ketones is 1. The van der Waals surface area contributed by atoms with Gasteiger partial charge in [0.25, 0.3) is 0 Å². The highest BCUT2D eigenvalue weighted by atomic mass is 19.1. The fraction of sp³-hybridized carbons (Fsp3) is 0.158. The first-order valence-electron chi connectivity index (χ1n) is 7.55. The summed E-state index contributed by atoms with van der Waals surface area (Å²) >= 11 is 0. The molecule has 2 rings (SSSR count). The summed E-state index contributed by atoms with van der Waals surface area (Å²) in [5, 5.41) is 0. The van der Waals surface area contributed by atoms with Gasteiger partial charge in [-0.3, -0.25) is 9.79 Å². The first-order valence-corrected chi connectivity index (χ1v) is 7.55. The van der Waals surface area contributed by atoms with Crippen LogP contribution in [0.25, 0.3) is 0 Å². The zero-order valence-corrected chi connectivity index (χ0v) is 13.7. The Morgan fingerprint density at radius 3 is 2.42 bits per heavy atom. The molecule has 0 radical (unpaired) electrons. The van der Waals surface area contributed by atoms with Gasteiger partial charge in [-0.15, -0.1) is 0 Å². The Balaban J connectivity index is 2.69. The molecule has 1 unspecified atom stereocenters. The van der Waals surface area contributed by atoms with Gasteiger partial charge in [0.1, 0.15) is 5.82 Å². The van der Waals surface area contributed by atoms with Crippen molar-refractivity contribution in [3.63, 3.8) is 0 Å². The summed E-state index contributed by atoms with van der Waals surface area (Å²) in [7, 11) is 0. The highest BCUT2D eigenvalue weighted by Gasteiger charge is 2.20. The molecule has 4 nitrogen and oxygen atoms in total. The van der Waals surface area contributed by atoms with Gasteiger partial charge in [-0.1, -0.05) is 18.2 Å². The number of nitrogens with two attached hydrogens (primary N) is 2. The summed E-state index contributed by atoms with van der Waals surface area (Å²) in [5.74, 6) is -0.659. The molecule has 1 aliphatic rings. The van der Waals surface area contributed by atoms with Crippen molar-refractivity contribution in [3.05, 3.63) is 82.9 Å². The van der Waals surface area contributed by atoms with E-state index in [1.165, 1.54) is 18.2 Å². The van der Waals surface area contributed by atoms with E-state index in [0.717, 1.165) is 5.57 Å². The van der Waals surface area contributed by atoms with Crippen LogP contribution in [0.3, 0.4) is 0 Å². The van der Waals surface area contributed by atoms with Gasteiger partial charge in [0.15, 0.2) is 5.78 Å². The molecule has 0 amide bonds. The van der Waals surface area contributed by atoms with Crippen LogP contribution in [0.15, 0.2) is 76.5 Å². The minimum absolute atomic E-state index is 0.248. The number of carbonyl (C=O) groups is 1. The molecule has 1 aromatic carbocycles. The molecule has 124 valence electrons. The van der Waals surface area contributed by atoms with Crippen LogP contribution in [0.5, 0.6) is 0 Å². The number of hydrogen-bond acceptors (Lipinski definition) is 4. The van der Waals surface area contributed by atoms with E-state index in [-0.39, 0.29) is 22.9 Å². The van der Waals surface area contributed by atoms with E-state index in [1.807, 2.05) is 13.0 Å². The van der Waals surface area contributed by atoms with Crippen molar-refractivity contribution < 1.29 is 9.18 Å². The predicted molar refractivity (Wildman–Crippen MR) is 94.8 cm³/mol. The van der Waals surface area contributed by atoms with Crippen molar-refractivity contribution in [3.8, 4) is 0 Å². The zero-order chi connectivity index (χ0) is 17.7. The van der Waals surface area contributed by atoms with Crippen LogP contribution in [-0.2, 0) is 4.79 Å². The van der Waals surface area contributed by atoms with Crippen LogP contribution in [0, 0.1) is 5.82 Å². The van der Waals surface area contributed by atoms with Crippen LogP contribution in [0.1, 0.15) is 19.4 Å². The lowest BCUT2D eigenvalue weighted by molar-refractivity contribution is -0.110. The number of hydrogen-bond donors (Lipinski definition) is 2. The summed E-state index contributed by atoms with van der Waals surface area (Å²) in [6.07, 6.45) is 7.84. The average molecular weight is 325 g/mol. The molecule has 0 aromatic heterocycles. The van der Waals surface area contributed by atoms with E-state index in [2.05, 4.69) is 4.99 Å². The Bertz CT molecular complexity index is 781. The highest BCUT2D eigenvalue weighted by Crippen LogP contribution is 2.18. The van der Waals surface area contributed by atoms with E-state index >= 15 is 0 Å². The molecule has 1 aromatic rings. The molecule has 1 atom stereocenters. The summed E-state index contributed by atoms with van der Waals surface area (Å²) in [5.41, 5.74) is 14.3. The minimum atomic E-state index is -0.544. The Kier molecular flexibility index (Phi) is 5.60. The molecule has 1 aliphatic carbocycles. The largest absolute Gasteiger partial charge is 0.398 e. The molecular formula is C19H20FN3O. The quantitative estimate of drug-likeness (QED) is 0.838. The summed E-state index contributed by atoms with van der Waals surface area (Å²) < 4.78 is 13.2. The number of carbonyl (C=O) groups excluding carboxylic acids is 1. The maximum atomic E-state index is 13.2. The molecule has 0 saturated heterocycles. The zero-order valence-electron chi connectivity index (χ0n) is 13.7. The van der Waals surface area contributed by atoms with E-state index in [9.17, 15) is 9.18 Å². The monoisotopic (exact) mass is 325 g/mol. The van der Waals surface area contributed by atoms with Gasteiger partial charge >= 0.3 is 0 Å². The van der Waals surface area contributed by atoms with E-state index < -0.39 is 6.17 Å². The third kappa shape index (κ3) is 4.36. The number of halogens is 1. The topological polar surface area (TPSA) is 81.5 Å². The lowest BCUT2D eigenvalue weighted by Crippen LogP contribution is -2.22. The summed E-state index contributed by atoms with van der Waals surface area (Å²) in [4.78, 5) is 17.0. The molecule has 0 heterocycles. The standard InChI is InChI=1S/C19H20FN3O/c1-12-5-3-4-6-17(24)18(16(22)11-12)19(23-13(2)21)14-7-9-15(20)10-8-14/h3-11,13H,21-22H2,1-2H3/b5-3-,6-4+,12-11+,18-16-,23-19-. The molecule has 0 bridgehead atoms. The normalized spacial score (nSPS) is 25.1. The van der Waals surface area contributed by atoms with Gasteiger partial charge in [-0.05, 0) is 55.8 Å². The van der Waals surface area contributed by atoms with Crippen molar-refractivity contribution in [2.24, 2.45) is 16.5 Å². The van der Waals surface area contributed by atoms with E-state index in [0.29, 0.717) is 11.3 Å². The molecule has 0 fully saturated rings. The Labute approximate surface area is 140 Å². The third-order valence-corrected chi connectivity index (χ3v) is 3.32. The Morgan fingerprint density at radius 1 is 1.17 bits per heavy atom. The van der Waals surface area contributed by atoms with Crippen LogP contribution < -0.4 is 11.5 Å². The van der Waals surface area contributed by atoms with Crippen molar-refractivity contribution in [1.82, 2.24) is 0 Å². The summed E-state index contributed by atoms with van der Waals surface area (Å²) in [6.45, 7) is 3.57. The van der Waals surface area contributed by atoms with Gasteiger partial charge in [-0.25, -0.2) is 4.39 Å². The number of rotatable bonds is 3. The number of nitrogens with zero attached hydrogens (tertiary/aromatic N) is 1. The first-order chi connectivity index (χ1) is 11.4. The smallest absolute Gasteiger partial charge is 0.190 e. The molecule has 4 N–H and O–H groups in total. The van der Waals surface area contributed by atoms with E-state index in [4.69, 9.17) is 11.5 Å². The van der Waals surface area contributed by atoms with Crippen molar-refractivity contribution in [1.29, 1.82) is 0 Å². The third-order valence-electron chi connectivity index (χ3n) is 3.32. The van der Waals surface area contributed by atoms with Crippen LogP contribution in [0.4, 0.5) is 4.39 Å². The highest BCUT2D eigenvalue weighted by molar-refractivity contribution is 6.32. The SMILES string of the molecule is CC1=C\C(N)=C(\C(=N/C(C)N)c2ccc(F)cc2)C(=O)/C=C/C=C\1. The van der Waals surface area contributed by atoms with E-state index in [1.54, 1.807) is 37.3 Å². The molecule has 24 heavy (non-hydrogen) atoms. The van der Waals surface area contributed by atoms with Crippen LogP contribution >= 0.6 is 0 Å². The van der Waals surface area contributed by atoms with Crippen molar-refractivity contribution >= 4 is 11.5 Å². The average Bonchev–Trinajstić information content (AvgIpc) is 2.56. The number of benzene rings is 1. The van der Waals surface area contributed by atoms with Crippen molar-refractivity contribution in [2.45, 2.75) is 20.0 Å². The second-order valence-corrected chi connectivity index (χ2v) is 5.53. The molecule has 0 saturated carbocycles. The van der Waals surface area contributed by atoms with Gasteiger partial charge in [0, 0.05) is 11.3 Å². The number of aliphatic imine (C=N–C) groups is 1. The van der Waals surface area contributed by atoms with Crippen LogP contribution in [0.2, 0.25) is 0 Å². The second-order valence-electron chi connectivity index (χ2n) is 5.53. The summed E-state index contributed by atoms with van der Waals surface area (Å²) in [6, 6.07) is 5.71. The predicted octanol–water partition coefficient (Wildman–Crippen LogP) is 2.77. The molecule has 0 aliphatic heterocycles. The number of allylic oxidation sites excluding steroid dienone is 7. The minimum Gasteiger partial charge on any atom is -0.398 e. The lowest BCUT2D eigenvalue weighted by Gasteiger charge is -2.13. The first kappa shape index (κ1) is 17.6. The van der Waals surface area contributed by atoms with Gasteiger partial charge < -0.3 is 11.5 Å². The second kappa shape index (κ2) is 7.66. The van der Waals surface area contributed by atoms with Gasteiger partial charge in [0.05, 0.1) is 17.5 Å².